The summed E-state index contributed by atoms with van der Waals surface area (Å²) in [6.07, 6.45) is 10.1. The summed E-state index contributed by atoms with van der Waals surface area (Å²) in [6.45, 7) is 1.99. The Morgan fingerprint density at radius 2 is 1.88 bits per heavy atom. The maximum atomic E-state index is 13.3. The van der Waals surface area contributed by atoms with Gasteiger partial charge >= 0.3 is 0 Å². The van der Waals surface area contributed by atoms with Crippen LogP contribution in [0.1, 0.15) is 57.1 Å². The van der Waals surface area contributed by atoms with Crippen molar-refractivity contribution in [3.8, 4) is 0 Å². The van der Waals surface area contributed by atoms with Gasteiger partial charge in [-0.25, -0.2) is 0 Å². The minimum atomic E-state index is -0.0491. The number of furan rings is 1. The van der Waals surface area contributed by atoms with Crippen molar-refractivity contribution in [1.29, 1.82) is 0 Å². The topological polar surface area (TPSA) is 53.8 Å². The lowest BCUT2D eigenvalue weighted by atomic mass is 9.95. The zero-order valence-electron chi connectivity index (χ0n) is 14.9. The lowest BCUT2D eigenvalue weighted by Crippen LogP contribution is -2.49. The SMILES string of the molecule is O=C(C1CC1)N1CCC[C@H](C(=O)N(Cc2ccco2)C2CCCC2)C1. The number of rotatable bonds is 5. The molecule has 0 bridgehead atoms. The zero-order chi connectivity index (χ0) is 17.2. The molecule has 2 amide bonds. The first-order chi connectivity index (χ1) is 12.2. The average molecular weight is 344 g/mol. The number of hydrogen-bond acceptors (Lipinski definition) is 3. The average Bonchev–Trinajstić information content (AvgIpc) is 3.11. The van der Waals surface area contributed by atoms with E-state index in [1.807, 2.05) is 21.9 Å². The molecule has 25 heavy (non-hydrogen) atoms. The highest BCUT2D eigenvalue weighted by Gasteiger charge is 2.39. The molecule has 0 unspecified atom stereocenters. The first-order valence-corrected chi connectivity index (χ1v) is 9.84. The van der Waals surface area contributed by atoms with Crippen molar-refractivity contribution in [1.82, 2.24) is 9.80 Å². The maximum Gasteiger partial charge on any atom is 0.228 e. The molecule has 4 rings (SSSR count). The van der Waals surface area contributed by atoms with Gasteiger partial charge in [0.05, 0.1) is 18.7 Å². The standard InChI is InChI=1S/C20H28N2O3/c23-19(15-9-10-15)21-11-3-5-16(13-21)20(24)22(17-6-1-2-7-17)14-18-8-4-12-25-18/h4,8,12,15-17H,1-3,5-7,9-11,13-14H2/t16-/m0/s1. The molecule has 2 saturated carbocycles. The predicted octanol–water partition coefficient (Wildman–Crippen LogP) is 3.20. The quantitative estimate of drug-likeness (QED) is 0.824. The Hall–Kier alpha value is -1.78. The molecule has 1 aliphatic heterocycles. The molecule has 2 aliphatic carbocycles. The van der Waals surface area contributed by atoms with Crippen LogP contribution in [0.4, 0.5) is 0 Å². The molecule has 3 fully saturated rings. The molecular weight excluding hydrogens is 316 g/mol. The fraction of sp³-hybridized carbons (Fsp3) is 0.700. The minimum absolute atomic E-state index is 0.0491. The van der Waals surface area contributed by atoms with Crippen LogP contribution in [-0.4, -0.2) is 40.7 Å². The van der Waals surface area contributed by atoms with Gasteiger partial charge in [-0.1, -0.05) is 12.8 Å². The van der Waals surface area contributed by atoms with Crippen LogP contribution in [0.2, 0.25) is 0 Å². The highest BCUT2D eigenvalue weighted by atomic mass is 16.3. The smallest absolute Gasteiger partial charge is 0.228 e. The Morgan fingerprint density at radius 3 is 2.56 bits per heavy atom. The number of amides is 2. The van der Waals surface area contributed by atoms with E-state index in [1.54, 1.807) is 6.26 Å². The summed E-state index contributed by atoms with van der Waals surface area (Å²) in [7, 11) is 0. The van der Waals surface area contributed by atoms with Gasteiger partial charge < -0.3 is 14.2 Å². The molecule has 136 valence electrons. The number of piperidine rings is 1. The Bertz CT molecular complexity index is 602. The fourth-order valence-corrected chi connectivity index (χ4v) is 4.38. The van der Waals surface area contributed by atoms with E-state index in [0.717, 1.165) is 50.8 Å². The van der Waals surface area contributed by atoms with Gasteiger partial charge in [0.1, 0.15) is 5.76 Å². The van der Waals surface area contributed by atoms with Gasteiger partial charge in [-0.05, 0) is 50.7 Å². The van der Waals surface area contributed by atoms with Crippen molar-refractivity contribution in [2.75, 3.05) is 13.1 Å². The van der Waals surface area contributed by atoms with Crippen molar-refractivity contribution in [2.45, 2.75) is 64.0 Å². The Kier molecular flexibility index (Phi) is 4.82. The van der Waals surface area contributed by atoms with Crippen molar-refractivity contribution < 1.29 is 14.0 Å². The molecule has 0 aromatic carbocycles. The number of carbonyl (C=O) groups excluding carboxylic acids is 2. The van der Waals surface area contributed by atoms with Crippen LogP contribution in [0.5, 0.6) is 0 Å². The molecule has 1 aromatic heterocycles. The first-order valence-electron chi connectivity index (χ1n) is 9.84. The second-order valence-corrected chi connectivity index (χ2v) is 7.88. The third-order valence-corrected chi connectivity index (χ3v) is 5.96. The predicted molar refractivity (Wildman–Crippen MR) is 93.5 cm³/mol. The van der Waals surface area contributed by atoms with E-state index in [4.69, 9.17) is 4.42 Å². The Balaban J connectivity index is 1.45. The first kappa shape index (κ1) is 16.7. The van der Waals surface area contributed by atoms with Crippen LogP contribution in [-0.2, 0) is 16.1 Å². The molecular formula is C20H28N2O3. The molecule has 2 heterocycles. The van der Waals surface area contributed by atoms with E-state index in [9.17, 15) is 9.59 Å². The monoisotopic (exact) mass is 344 g/mol. The van der Waals surface area contributed by atoms with E-state index >= 15 is 0 Å². The third-order valence-electron chi connectivity index (χ3n) is 5.96. The number of nitrogens with zero attached hydrogens (tertiary/aromatic N) is 2. The molecule has 0 radical (unpaired) electrons. The minimum Gasteiger partial charge on any atom is -0.467 e. The Morgan fingerprint density at radius 1 is 1.08 bits per heavy atom. The second-order valence-electron chi connectivity index (χ2n) is 7.88. The van der Waals surface area contributed by atoms with Crippen LogP contribution in [0.3, 0.4) is 0 Å². The number of carbonyl (C=O) groups is 2. The van der Waals surface area contributed by atoms with Gasteiger partial charge in [0.25, 0.3) is 0 Å². The van der Waals surface area contributed by atoms with Gasteiger partial charge in [-0.3, -0.25) is 9.59 Å². The molecule has 5 nitrogen and oxygen atoms in total. The molecule has 3 aliphatic rings. The largest absolute Gasteiger partial charge is 0.467 e. The van der Waals surface area contributed by atoms with Crippen molar-refractivity contribution >= 4 is 11.8 Å². The molecule has 1 atom stereocenters. The van der Waals surface area contributed by atoms with E-state index in [1.165, 1.54) is 12.8 Å². The van der Waals surface area contributed by atoms with Crippen LogP contribution in [0.25, 0.3) is 0 Å². The van der Waals surface area contributed by atoms with Gasteiger partial charge in [-0.15, -0.1) is 0 Å². The summed E-state index contributed by atoms with van der Waals surface area (Å²) in [5.74, 6) is 1.53. The van der Waals surface area contributed by atoms with Crippen LogP contribution < -0.4 is 0 Å². The van der Waals surface area contributed by atoms with Crippen molar-refractivity contribution in [2.24, 2.45) is 11.8 Å². The van der Waals surface area contributed by atoms with Gasteiger partial charge in [0.2, 0.25) is 11.8 Å². The molecule has 0 spiro atoms. The molecule has 1 saturated heterocycles. The lowest BCUT2D eigenvalue weighted by Gasteiger charge is -2.37. The molecule has 1 aromatic rings. The number of likely N-dealkylation sites (tertiary alicyclic amines) is 1. The summed E-state index contributed by atoms with van der Waals surface area (Å²) >= 11 is 0. The molecule has 5 heteroatoms. The summed E-state index contributed by atoms with van der Waals surface area (Å²) in [5, 5.41) is 0. The van der Waals surface area contributed by atoms with Crippen LogP contribution in [0, 0.1) is 11.8 Å². The van der Waals surface area contributed by atoms with E-state index in [0.29, 0.717) is 19.1 Å². The summed E-state index contributed by atoms with van der Waals surface area (Å²) < 4.78 is 5.50. The van der Waals surface area contributed by atoms with Gasteiger partial charge in [0, 0.05) is 25.0 Å². The highest BCUT2D eigenvalue weighted by Crippen LogP contribution is 2.33. The second kappa shape index (κ2) is 7.22. The summed E-state index contributed by atoms with van der Waals surface area (Å²) in [6, 6.07) is 4.15. The normalized spacial score (nSPS) is 24.5. The van der Waals surface area contributed by atoms with Crippen LogP contribution in [0.15, 0.2) is 22.8 Å². The third kappa shape index (κ3) is 3.75. The van der Waals surface area contributed by atoms with Crippen LogP contribution >= 0.6 is 0 Å². The van der Waals surface area contributed by atoms with Crippen molar-refractivity contribution in [3.63, 3.8) is 0 Å². The Labute approximate surface area is 149 Å². The highest BCUT2D eigenvalue weighted by molar-refractivity contribution is 5.83. The van der Waals surface area contributed by atoms with E-state index in [-0.39, 0.29) is 23.7 Å². The zero-order valence-corrected chi connectivity index (χ0v) is 14.9. The lowest BCUT2D eigenvalue weighted by molar-refractivity contribution is -0.143. The van der Waals surface area contributed by atoms with Crippen molar-refractivity contribution in [3.05, 3.63) is 24.2 Å². The van der Waals surface area contributed by atoms with Gasteiger partial charge in [0.15, 0.2) is 0 Å². The summed E-state index contributed by atoms with van der Waals surface area (Å²) in [5.41, 5.74) is 0. The van der Waals surface area contributed by atoms with E-state index < -0.39 is 0 Å². The molecule has 0 N–H and O–H groups in total. The maximum absolute atomic E-state index is 13.3. The van der Waals surface area contributed by atoms with E-state index in [2.05, 4.69) is 0 Å². The fourth-order valence-electron chi connectivity index (χ4n) is 4.38. The number of hydrogen-bond donors (Lipinski definition) is 0. The van der Waals surface area contributed by atoms with Gasteiger partial charge in [-0.2, -0.15) is 0 Å². The summed E-state index contributed by atoms with van der Waals surface area (Å²) in [4.78, 5) is 29.7.